The number of imidazole rings is 1. The molecule has 0 unspecified atom stereocenters. The molecule has 3 rings (SSSR count). The molecule has 1 heterocycles. The Morgan fingerprint density at radius 3 is 2.64 bits per heavy atom. The number of aromatic nitrogens is 2. The van der Waals surface area contributed by atoms with Gasteiger partial charge < -0.3 is 20.4 Å². The Balaban J connectivity index is 0.00000385. The van der Waals surface area contributed by atoms with Crippen molar-refractivity contribution in [2.75, 3.05) is 31.0 Å². The van der Waals surface area contributed by atoms with Crippen molar-refractivity contribution >= 4 is 41.7 Å². The number of aromatic amines is 1. The fourth-order valence-electron chi connectivity index (χ4n) is 3.33. The number of carbonyl (C=O) groups is 2. The van der Waals surface area contributed by atoms with E-state index < -0.39 is 12.0 Å². The molecule has 9 heteroatoms. The summed E-state index contributed by atoms with van der Waals surface area (Å²) in [6.45, 7) is 0.712. The van der Waals surface area contributed by atoms with E-state index in [9.17, 15) is 9.59 Å². The smallest absolute Gasteiger partial charge is 0.328 e. The van der Waals surface area contributed by atoms with Gasteiger partial charge in [-0.2, -0.15) is 11.8 Å². The predicted octanol–water partition coefficient (Wildman–Crippen LogP) is 4.18. The van der Waals surface area contributed by atoms with Gasteiger partial charge in [-0.05, 0) is 47.8 Å². The number of carbonyl (C=O) groups excluding carboxylic acids is 2. The number of halogens is 1. The average molecular weight is 489 g/mol. The highest BCUT2D eigenvalue weighted by molar-refractivity contribution is 7.98. The number of thioether (sulfide) groups is 1. The van der Waals surface area contributed by atoms with Crippen LogP contribution in [0.1, 0.15) is 22.5 Å². The highest BCUT2D eigenvalue weighted by atomic mass is 35.5. The van der Waals surface area contributed by atoms with Crippen molar-refractivity contribution < 1.29 is 14.3 Å². The van der Waals surface area contributed by atoms with Crippen LogP contribution in [-0.4, -0.2) is 53.5 Å². The molecule has 0 aliphatic carbocycles. The number of nitrogens with zero attached hydrogens (tertiary/aromatic N) is 1. The monoisotopic (exact) mass is 488 g/mol. The minimum absolute atomic E-state index is 0. The summed E-state index contributed by atoms with van der Waals surface area (Å²) in [5.41, 5.74) is 4.11. The Morgan fingerprint density at radius 2 is 1.97 bits per heavy atom. The maximum absolute atomic E-state index is 13.2. The molecular formula is C24H29ClN4O3S. The fourth-order valence-corrected chi connectivity index (χ4v) is 3.81. The standard InChI is InChI=1S/C24H28N4O3S.ClH/c1-31-24(30)22(11-13-32-2)28-23(29)20-9-8-18(26-12-10-19-15-25-16-27-19)14-21(20)17-6-4-3-5-7-17;/h3-9,14-16,22,26H,10-13H2,1-2H3,(H,25,27)(H,28,29);1H/t22-;/m0./s1. The minimum atomic E-state index is -0.685. The third kappa shape index (κ3) is 7.54. The number of anilines is 1. The van der Waals surface area contributed by atoms with Gasteiger partial charge in [-0.1, -0.05) is 30.3 Å². The molecule has 1 atom stereocenters. The molecular weight excluding hydrogens is 460 g/mol. The molecule has 1 aromatic heterocycles. The third-order valence-electron chi connectivity index (χ3n) is 5.02. The van der Waals surface area contributed by atoms with Crippen LogP contribution in [0.2, 0.25) is 0 Å². The van der Waals surface area contributed by atoms with Crippen LogP contribution in [0.25, 0.3) is 11.1 Å². The summed E-state index contributed by atoms with van der Waals surface area (Å²) in [6.07, 6.45) is 6.79. The van der Waals surface area contributed by atoms with Gasteiger partial charge in [-0.15, -0.1) is 12.4 Å². The van der Waals surface area contributed by atoms with Crippen molar-refractivity contribution in [3.05, 3.63) is 72.3 Å². The van der Waals surface area contributed by atoms with Crippen molar-refractivity contribution in [1.29, 1.82) is 0 Å². The molecule has 0 aliphatic rings. The zero-order chi connectivity index (χ0) is 22.8. The molecule has 0 aliphatic heterocycles. The second-order valence-corrected chi connectivity index (χ2v) is 8.18. The Morgan fingerprint density at radius 1 is 1.18 bits per heavy atom. The van der Waals surface area contributed by atoms with E-state index in [1.807, 2.05) is 54.9 Å². The van der Waals surface area contributed by atoms with Gasteiger partial charge in [0.05, 0.1) is 19.1 Å². The van der Waals surface area contributed by atoms with Crippen molar-refractivity contribution in [3.8, 4) is 11.1 Å². The van der Waals surface area contributed by atoms with Crippen LogP contribution in [-0.2, 0) is 16.0 Å². The quantitative estimate of drug-likeness (QED) is 0.350. The summed E-state index contributed by atoms with van der Waals surface area (Å²) in [4.78, 5) is 32.5. The Labute approximate surface area is 204 Å². The fraction of sp³-hybridized carbons (Fsp3) is 0.292. The van der Waals surface area contributed by atoms with Crippen molar-refractivity contribution in [2.24, 2.45) is 0 Å². The lowest BCUT2D eigenvalue weighted by Gasteiger charge is -2.18. The van der Waals surface area contributed by atoms with Gasteiger partial charge in [0.1, 0.15) is 6.04 Å². The van der Waals surface area contributed by atoms with Gasteiger partial charge in [-0.3, -0.25) is 4.79 Å². The van der Waals surface area contributed by atoms with E-state index in [0.717, 1.165) is 34.7 Å². The van der Waals surface area contributed by atoms with Crippen LogP contribution in [0.15, 0.2) is 61.1 Å². The molecule has 0 spiro atoms. The molecule has 7 nitrogen and oxygen atoms in total. The van der Waals surface area contributed by atoms with Crippen LogP contribution in [0, 0.1) is 0 Å². The van der Waals surface area contributed by atoms with Crippen LogP contribution >= 0.6 is 24.2 Å². The first-order chi connectivity index (χ1) is 15.6. The summed E-state index contributed by atoms with van der Waals surface area (Å²) in [6, 6.07) is 14.7. The summed E-state index contributed by atoms with van der Waals surface area (Å²) in [5.74, 6) is -0.00138. The van der Waals surface area contributed by atoms with E-state index in [1.165, 1.54) is 7.11 Å². The van der Waals surface area contributed by atoms with Crippen molar-refractivity contribution in [2.45, 2.75) is 18.9 Å². The molecule has 0 radical (unpaired) electrons. The Hall–Kier alpha value is -2.97. The maximum atomic E-state index is 13.2. The van der Waals surface area contributed by atoms with Crippen LogP contribution in [0.5, 0.6) is 0 Å². The van der Waals surface area contributed by atoms with Gasteiger partial charge in [0, 0.05) is 30.4 Å². The highest BCUT2D eigenvalue weighted by Gasteiger charge is 2.23. The number of ether oxygens (including phenoxy) is 1. The first kappa shape index (κ1) is 26.3. The van der Waals surface area contributed by atoms with Crippen LogP contribution in [0.3, 0.4) is 0 Å². The molecule has 33 heavy (non-hydrogen) atoms. The van der Waals surface area contributed by atoms with E-state index in [-0.39, 0.29) is 18.3 Å². The second kappa shape index (κ2) is 13.5. The van der Waals surface area contributed by atoms with Crippen molar-refractivity contribution in [1.82, 2.24) is 15.3 Å². The van der Waals surface area contributed by atoms with Crippen molar-refractivity contribution in [3.63, 3.8) is 0 Å². The van der Waals surface area contributed by atoms with Crippen LogP contribution < -0.4 is 10.6 Å². The number of nitrogens with one attached hydrogen (secondary N) is 3. The SMILES string of the molecule is COC(=O)[C@H](CCSC)NC(=O)c1ccc(NCCc2c[nH]cn2)cc1-c1ccccc1.Cl. The summed E-state index contributed by atoms with van der Waals surface area (Å²) < 4.78 is 4.87. The van der Waals surface area contributed by atoms with E-state index in [0.29, 0.717) is 18.5 Å². The molecule has 2 aromatic carbocycles. The Bertz CT molecular complexity index is 1020. The Kier molecular flexibility index (Phi) is 10.8. The summed E-state index contributed by atoms with van der Waals surface area (Å²) in [7, 11) is 1.33. The predicted molar refractivity (Wildman–Crippen MR) is 136 cm³/mol. The first-order valence-corrected chi connectivity index (χ1v) is 11.8. The summed E-state index contributed by atoms with van der Waals surface area (Å²) in [5, 5.41) is 6.24. The zero-order valence-electron chi connectivity index (χ0n) is 18.7. The zero-order valence-corrected chi connectivity index (χ0v) is 20.3. The van der Waals surface area contributed by atoms with Gasteiger partial charge in [0.15, 0.2) is 0 Å². The molecule has 1 amide bonds. The molecule has 0 saturated carbocycles. The average Bonchev–Trinajstić information content (AvgIpc) is 3.35. The van der Waals surface area contributed by atoms with Gasteiger partial charge >= 0.3 is 5.97 Å². The molecule has 0 fully saturated rings. The number of benzene rings is 2. The number of amides is 1. The lowest BCUT2D eigenvalue weighted by molar-refractivity contribution is -0.142. The maximum Gasteiger partial charge on any atom is 0.328 e. The van der Waals surface area contributed by atoms with E-state index in [1.54, 1.807) is 24.2 Å². The molecule has 176 valence electrons. The van der Waals surface area contributed by atoms with E-state index >= 15 is 0 Å². The third-order valence-corrected chi connectivity index (χ3v) is 5.66. The number of esters is 1. The molecule has 0 bridgehead atoms. The molecule has 3 aromatic rings. The van der Waals surface area contributed by atoms with Gasteiger partial charge in [0.25, 0.3) is 5.91 Å². The lowest BCUT2D eigenvalue weighted by atomic mass is 9.98. The first-order valence-electron chi connectivity index (χ1n) is 10.4. The van der Waals surface area contributed by atoms with Gasteiger partial charge in [-0.25, -0.2) is 9.78 Å². The summed E-state index contributed by atoms with van der Waals surface area (Å²) >= 11 is 1.62. The molecule has 3 N–H and O–H groups in total. The highest BCUT2D eigenvalue weighted by Crippen LogP contribution is 2.27. The second-order valence-electron chi connectivity index (χ2n) is 7.19. The number of rotatable bonds is 11. The largest absolute Gasteiger partial charge is 0.467 e. The number of hydrogen-bond acceptors (Lipinski definition) is 6. The van der Waals surface area contributed by atoms with E-state index in [4.69, 9.17) is 4.74 Å². The minimum Gasteiger partial charge on any atom is -0.467 e. The number of methoxy groups -OCH3 is 1. The number of H-pyrrole nitrogens is 1. The normalized spacial score (nSPS) is 11.2. The number of hydrogen-bond donors (Lipinski definition) is 3. The van der Waals surface area contributed by atoms with E-state index in [2.05, 4.69) is 20.6 Å². The topological polar surface area (TPSA) is 96.1 Å². The van der Waals surface area contributed by atoms with Gasteiger partial charge in [0.2, 0.25) is 0 Å². The lowest BCUT2D eigenvalue weighted by Crippen LogP contribution is -2.42. The molecule has 0 saturated heterocycles. The van der Waals surface area contributed by atoms with Crippen LogP contribution in [0.4, 0.5) is 5.69 Å².